The first-order chi connectivity index (χ1) is 65.7. The lowest BCUT2D eigenvalue weighted by Crippen LogP contribution is -2.61. The number of benzene rings is 2. The summed E-state index contributed by atoms with van der Waals surface area (Å²) < 4.78 is 97.7. The van der Waals surface area contributed by atoms with Gasteiger partial charge in [-0.25, -0.2) is 47.3 Å². The molecule has 0 unspecified atom stereocenters. The number of sulfone groups is 1. The molecule has 5 amide bonds. The lowest BCUT2D eigenvalue weighted by molar-refractivity contribution is -0.265. The maximum atomic E-state index is 16.0. The third-order valence-electron chi connectivity index (χ3n) is 27.8. The molecule has 6 N–H and O–H groups in total. The minimum absolute atomic E-state index is 0.00401. The van der Waals surface area contributed by atoms with Gasteiger partial charge in [0.05, 0.1) is 61.9 Å². The van der Waals surface area contributed by atoms with Crippen LogP contribution in [-0.4, -0.2) is 304 Å². The monoisotopic (exact) mass is 1920 g/mol. The number of methoxy groups -OCH3 is 4. The number of anilines is 3. The maximum Gasteiger partial charge on any atom is 0.407 e. The zero-order valence-electron chi connectivity index (χ0n) is 80.9. The van der Waals surface area contributed by atoms with E-state index >= 15 is 4.39 Å². The number of piperidine rings is 1. The average Bonchev–Trinajstić information content (AvgIpc) is 1.38. The fourth-order valence-electron chi connectivity index (χ4n) is 19.3. The first-order valence-corrected chi connectivity index (χ1v) is 49.5. The Hall–Kier alpha value is -10.6. The van der Waals surface area contributed by atoms with E-state index in [1.807, 2.05) is 105 Å². The molecule has 3 aromatic heterocycles. The number of nitrogens with zero attached hydrogens (tertiary/aromatic N) is 11. The molecule has 1 saturated carbocycles. The van der Waals surface area contributed by atoms with Gasteiger partial charge in [-0.05, 0) is 161 Å². The van der Waals surface area contributed by atoms with Crippen molar-refractivity contribution in [2.45, 2.75) is 218 Å². The summed E-state index contributed by atoms with van der Waals surface area (Å²) in [7, 11) is 1.85. The summed E-state index contributed by atoms with van der Waals surface area (Å²) in [6.45, 7) is 20.7. The second-order valence-electron chi connectivity index (χ2n) is 37.4. The molecular formula is C100H137FN14O21S. The molecule has 35 nitrogen and oxygen atoms in total. The molecule has 137 heavy (non-hydrogen) atoms. The summed E-state index contributed by atoms with van der Waals surface area (Å²) in [5.41, 5.74) is 10.1. The van der Waals surface area contributed by atoms with Gasteiger partial charge in [0.1, 0.15) is 59.3 Å². The highest BCUT2D eigenvalue weighted by Gasteiger charge is 2.54. The number of fused-ring (bicyclic) bond motifs is 4. The van der Waals surface area contributed by atoms with Gasteiger partial charge in [-0.3, -0.25) is 33.7 Å². The number of Topliss-reactive ketones (excluding diaryl/α,β-unsaturated/α-hetero) is 2. The third kappa shape index (κ3) is 27.5. The minimum atomic E-state index is -4.27. The summed E-state index contributed by atoms with van der Waals surface area (Å²) in [5.74, 6) is -8.43. The van der Waals surface area contributed by atoms with Gasteiger partial charge in [0, 0.05) is 197 Å². The number of nitrogens with one attached hydrogen (secondary N) is 2. The Kier molecular flexibility index (Phi) is 37.9. The number of halogens is 1. The van der Waals surface area contributed by atoms with E-state index in [0.717, 1.165) is 28.3 Å². The third-order valence-corrected chi connectivity index (χ3v) is 29.5. The molecule has 5 fully saturated rings. The Morgan fingerprint density at radius 1 is 0.708 bits per heavy atom. The van der Waals surface area contributed by atoms with Crippen LogP contribution >= 0.6 is 0 Å². The minimum Gasteiger partial charge on any atom is -0.491 e. The highest BCUT2D eigenvalue weighted by molar-refractivity contribution is 7.91. The molecule has 12 rings (SSSR count). The van der Waals surface area contributed by atoms with Crippen LogP contribution in [0.1, 0.15) is 169 Å². The predicted octanol–water partition coefficient (Wildman–Crippen LogP) is 9.35. The average molecular weight is 1920 g/mol. The van der Waals surface area contributed by atoms with E-state index in [-0.39, 0.29) is 118 Å². The molecule has 2 bridgehead atoms. The number of amides is 5. The van der Waals surface area contributed by atoms with Crippen LogP contribution in [0.3, 0.4) is 0 Å². The van der Waals surface area contributed by atoms with Crippen molar-refractivity contribution >= 4 is 74.8 Å². The molecule has 0 spiro atoms. The van der Waals surface area contributed by atoms with Crippen molar-refractivity contribution in [2.24, 2.45) is 35.5 Å². The molecule has 0 radical (unpaired) electrons. The summed E-state index contributed by atoms with van der Waals surface area (Å²) in [6.07, 6.45) is 17.9. The quantitative estimate of drug-likeness (QED) is 0.0157. The normalized spacial score (nSPS) is 27.9. The van der Waals surface area contributed by atoms with Crippen LogP contribution in [-0.2, 0) is 84.8 Å². The lowest BCUT2D eigenvalue weighted by atomic mass is 9.78. The zero-order chi connectivity index (χ0) is 98.4. The van der Waals surface area contributed by atoms with Gasteiger partial charge >= 0.3 is 12.1 Å². The number of carbonyl (C=O) groups is 8. The van der Waals surface area contributed by atoms with E-state index in [1.165, 1.54) is 42.3 Å². The topological polar surface area (TPSA) is 428 Å². The number of aliphatic hydroxyl groups excluding tert-OH is 1. The smallest absolute Gasteiger partial charge is 0.407 e. The molecular weight excluding hydrogens is 1780 g/mol. The van der Waals surface area contributed by atoms with Crippen LogP contribution < -0.4 is 30.9 Å². The highest BCUT2D eigenvalue weighted by Crippen LogP contribution is 2.40. The number of hydrogen-bond acceptors (Lipinski definition) is 30. The van der Waals surface area contributed by atoms with Crippen LogP contribution in [0.5, 0.6) is 5.75 Å². The van der Waals surface area contributed by atoms with Crippen molar-refractivity contribution in [3.8, 4) is 16.9 Å². The highest BCUT2D eigenvalue weighted by atomic mass is 32.2. The number of hydrogen-bond donors (Lipinski definition) is 5. The molecule has 9 heterocycles. The number of aromatic nitrogens is 5. The Labute approximate surface area is 802 Å². The van der Waals surface area contributed by atoms with Gasteiger partial charge in [0.2, 0.25) is 23.6 Å². The number of nitrogen functional groups attached to an aromatic ring is 1. The van der Waals surface area contributed by atoms with Gasteiger partial charge in [0.15, 0.2) is 15.6 Å². The number of carbonyl (C=O) groups excluding carboxylic acids is 8. The molecule has 6 aliphatic heterocycles. The van der Waals surface area contributed by atoms with Crippen LogP contribution in [0, 0.1) is 48.2 Å². The molecule has 37 heteroatoms. The fraction of sp³-hybridized carbons (Fsp3) is 0.590. The van der Waals surface area contributed by atoms with Crippen molar-refractivity contribution in [2.75, 3.05) is 148 Å². The lowest BCUT2D eigenvalue weighted by Gasteiger charge is -2.43. The van der Waals surface area contributed by atoms with Crippen molar-refractivity contribution in [1.82, 2.24) is 55.2 Å². The molecule has 4 saturated heterocycles. The number of esters is 1. The number of pyridine rings is 1. The Morgan fingerprint density at radius 3 is 2.11 bits per heavy atom. The molecule has 7 aliphatic rings. The number of rotatable bonds is 25. The van der Waals surface area contributed by atoms with Gasteiger partial charge in [-0.15, -0.1) is 0 Å². The molecule has 16 atom stereocenters. The number of ether oxygens (including phenoxy) is 9. The zero-order valence-corrected chi connectivity index (χ0v) is 81.7. The van der Waals surface area contributed by atoms with E-state index in [0.29, 0.717) is 158 Å². The number of alkyl carbamates (subject to hydrolysis) is 1. The fourth-order valence-corrected chi connectivity index (χ4v) is 20.6. The van der Waals surface area contributed by atoms with Gasteiger partial charge in [-0.2, -0.15) is 0 Å². The first-order valence-electron chi connectivity index (χ1n) is 47.9. The second-order valence-corrected chi connectivity index (χ2v) is 39.5. The van der Waals surface area contributed by atoms with Crippen molar-refractivity contribution in [3.05, 3.63) is 155 Å². The van der Waals surface area contributed by atoms with Gasteiger partial charge in [-0.1, -0.05) is 77.1 Å². The number of cyclic esters (lactones) is 1. The van der Waals surface area contributed by atoms with E-state index in [2.05, 4.69) is 40.5 Å². The van der Waals surface area contributed by atoms with Gasteiger partial charge in [0.25, 0.3) is 23.5 Å². The molecule has 746 valence electrons. The molecule has 2 aromatic carbocycles. The van der Waals surface area contributed by atoms with E-state index in [4.69, 9.17) is 48.4 Å². The maximum absolute atomic E-state index is 16.0. The number of ketones is 2. The Balaban J connectivity index is 0.554. The van der Waals surface area contributed by atoms with Gasteiger partial charge < -0.3 is 93.7 Å². The van der Waals surface area contributed by atoms with Crippen molar-refractivity contribution < 1.29 is 104 Å². The number of aliphatic hydroxyl groups is 2. The summed E-state index contributed by atoms with van der Waals surface area (Å²) in [4.78, 5) is 145. The van der Waals surface area contributed by atoms with Crippen LogP contribution in [0.4, 0.5) is 26.9 Å². The van der Waals surface area contributed by atoms with Crippen LogP contribution in [0.25, 0.3) is 11.1 Å². The van der Waals surface area contributed by atoms with Crippen molar-refractivity contribution in [1.29, 1.82) is 0 Å². The van der Waals surface area contributed by atoms with Crippen molar-refractivity contribution in [3.63, 3.8) is 0 Å². The first kappa shape index (κ1) is 105. The van der Waals surface area contributed by atoms with E-state index in [9.17, 15) is 57.0 Å². The standard InChI is InChI=1S/C100H137FN14O21S/c1-62-18-14-13-15-19-63(2)81(128-9)53-76-25-21-68(7)100(125,136-76)92(119)95(122)115-33-17-16-20-78(115)96(123)134-83(54-82(129-10)64(3)49-67(6)90(118)91(131-12)89(117)66(5)48-62)65(4)50-70-22-27-80(84(51-70)130-11)135-99(124)109-57-71-55-105-97(106-56-71)113-40-38-111(39-41-113)87(116)31-44-132-45-42-110-34-36-112(37-35-110)98-107-59-75(60-108-98)93(120)103-32-47-137(126,127)85-29-26-77(69(8)88(85)101)94(121)114-43-46-133-79-28-23-72(52-74(79)61-114)73-24-30-86(102)104-58-73/h13-15,18-19,23-24,26,28-30,49,52,55-56,58-60,62,64-66,68,70,76,78,80-84,90-91,118,125H,16-17,20-22,25,27,31-48,50-51,53-54,57,61H2,1-12H3,(H2,102,104)(H,103,120)(H,109,124)/b15-13+,18-14+,63-19+,67-49+/t62-,64-,65-,66-,68-,70+,76+,78+,80-,81+,82-,83+,84-,90-,91+,100-/m1/s1. The Morgan fingerprint density at radius 2 is 1.42 bits per heavy atom. The Bertz CT molecular complexity index is 5210. The predicted molar refractivity (Wildman–Crippen MR) is 509 cm³/mol. The molecule has 1 aliphatic carbocycles. The van der Waals surface area contributed by atoms with E-state index in [1.54, 1.807) is 64.7 Å². The summed E-state index contributed by atoms with van der Waals surface area (Å²) >= 11 is 0. The second kappa shape index (κ2) is 49.3. The SMILES string of the molecule is CO[C@H]1C[C@@H]2CC[C@@H](C)[C@@](O)(O2)C(=O)C(=O)N2CCCC[C@H]2C(=O)O[C@H]([C@H](C)C[C@@H]2CC[C@@H](OC(=O)NCc3cnc(N4CCN(C(=O)CCOCCN5CCN(c6ncc(C(=O)NCCS(=O)(=O)c7ccc(C(=O)N8CCOc9ccc(-c%10ccc(N)nc%10)cc9C8)c(C)c7F)cn6)CC5)CC4)nc3)[C@H](OC)C2)C[C@@H](OC)[C@H](C)/C=C(\C)[C@@H](O)[C@@H](OC)C(=O)[C@H](C)C[C@H](C)/C=C/C=C/C=C/1C. The summed E-state index contributed by atoms with van der Waals surface area (Å²) in [5, 5.41) is 29.5. The summed E-state index contributed by atoms with van der Waals surface area (Å²) in [6, 6.07) is 10.4. The molecule has 5 aromatic rings. The van der Waals surface area contributed by atoms with Crippen LogP contribution in [0.15, 0.2) is 126 Å². The number of allylic oxidation sites excluding steroid dienone is 5. The number of piperazine rings is 2. The number of nitrogens with two attached hydrogens (primary N) is 1. The van der Waals surface area contributed by atoms with Crippen LogP contribution in [0.2, 0.25) is 0 Å². The van der Waals surface area contributed by atoms with E-state index < -0.39 is 140 Å². The largest absolute Gasteiger partial charge is 0.491 e.